The summed E-state index contributed by atoms with van der Waals surface area (Å²) in [4.78, 5) is 0. The minimum absolute atomic E-state index is 0.641. The fraction of sp³-hybridized carbons (Fsp3) is 0.583. The first-order valence-electron chi connectivity index (χ1n) is 5.08. The van der Waals surface area contributed by atoms with Gasteiger partial charge in [0.25, 0.3) is 0 Å². The molecule has 0 spiro atoms. The van der Waals surface area contributed by atoms with Crippen LogP contribution in [0.15, 0.2) is 24.3 Å². The van der Waals surface area contributed by atoms with Gasteiger partial charge in [-0.05, 0) is 25.7 Å². The molecule has 0 atom stereocenters. The number of nitriles is 1. The largest absolute Gasteiger partial charge is 0.198 e. The standard InChI is InChI=1S/C12H19N/c1-2-3-4-5-6-7-8-9-10-11-12-13/h4-5,8-9H,2-3,6-7,10-11H2,1H3. The van der Waals surface area contributed by atoms with Crippen molar-refractivity contribution in [3.05, 3.63) is 24.3 Å². The van der Waals surface area contributed by atoms with E-state index in [4.69, 9.17) is 5.26 Å². The van der Waals surface area contributed by atoms with E-state index in [0.717, 1.165) is 19.3 Å². The summed E-state index contributed by atoms with van der Waals surface area (Å²) in [6.07, 6.45) is 14.9. The molecule has 0 aromatic carbocycles. The third kappa shape index (κ3) is 11.0. The van der Waals surface area contributed by atoms with Crippen molar-refractivity contribution in [2.45, 2.75) is 45.4 Å². The number of unbranched alkanes of at least 4 members (excludes halogenated alkanes) is 3. The van der Waals surface area contributed by atoms with Gasteiger partial charge in [-0.3, -0.25) is 0 Å². The van der Waals surface area contributed by atoms with Gasteiger partial charge in [0, 0.05) is 6.42 Å². The summed E-state index contributed by atoms with van der Waals surface area (Å²) in [7, 11) is 0. The molecule has 0 radical (unpaired) electrons. The predicted octanol–water partition coefficient (Wildman–Crippen LogP) is 3.98. The van der Waals surface area contributed by atoms with Crippen molar-refractivity contribution in [1.29, 1.82) is 5.26 Å². The number of rotatable bonds is 7. The van der Waals surface area contributed by atoms with Crippen LogP contribution < -0.4 is 0 Å². The fourth-order valence-electron chi connectivity index (χ4n) is 0.978. The van der Waals surface area contributed by atoms with E-state index < -0.39 is 0 Å². The number of allylic oxidation sites excluding steroid dienone is 4. The van der Waals surface area contributed by atoms with Gasteiger partial charge >= 0.3 is 0 Å². The van der Waals surface area contributed by atoms with Gasteiger partial charge in [-0.1, -0.05) is 37.6 Å². The molecule has 0 aliphatic carbocycles. The van der Waals surface area contributed by atoms with Gasteiger partial charge in [-0.15, -0.1) is 0 Å². The van der Waals surface area contributed by atoms with Crippen LogP contribution in [0.5, 0.6) is 0 Å². The quantitative estimate of drug-likeness (QED) is 0.426. The molecule has 0 N–H and O–H groups in total. The van der Waals surface area contributed by atoms with Gasteiger partial charge in [0.1, 0.15) is 0 Å². The molecule has 72 valence electrons. The zero-order valence-electron chi connectivity index (χ0n) is 8.50. The lowest BCUT2D eigenvalue weighted by Crippen LogP contribution is -1.68. The van der Waals surface area contributed by atoms with Crippen LogP contribution in [0, 0.1) is 11.3 Å². The molecule has 1 heteroatoms. The maximum absolute atomic E-state index is 8.27. The molecule has 13 heavy (non-hydrogen) atoms. The minimum Gasteiger partial charge on any atom is -0.198 e. The van der Waals surface area contributed by atoms with E-state index >= 15 is 0 Å². The van der Waals surface area contributed by atoms with Crippen molar-refractivity contribution in [3.8, 4) is 6.07 Å². The summed E-state index contributed by atoms with van der Waals surface area (Å²) < 4.78 is 0. The molecule has 1 nitrogen and oxygen atoms in total. The molecule has 0 fully saturated rings. The summed E-state index contributed by atoms with van der Waals surface area (Å²) in [6, 6.07) is 2.12. The van der Waals surface area contributed by atoms with Crippen LogP contribution in [0.3, 0.4) is 0 Å². The van der Waals surface area contributed by atoms with Crippen molar-refractivity contribution in [2.24, 2.45) is 0 Å². The molecule has 0 rings (SSSR count). The number of hydrogen-bond donors (Lipinski definition) is 0. The molecular weight excluding hydrogens is 158 g/mol. The molecule has 0 saturated carbocycles. The summed E-state index contributed by atoms with van der Waals surface area (Å²) in [5.41, 5.74) is 0. The highest BCUT2D eigenvalue weighted by Crippen LogP contribution is 1.97. The second-order valence-corrected chi connectivity index (χ2v) is 3.01. The third-order valence-corrected chi connectivity index (χ3v) is 1.71. The van der Waals surface area contributed by atoms with E-state index in [9.17, 15) is 0 Å². The smallest absolute Gasteiger partial charge is 0.0624 e. The normalized spacial score (nSPS) is 11.1. The first kappa shape index (κ1) is 12.0. The van der Waals surface area contributed by atoms with E-state index in [-0.39, 0.29) is 0 Å². The lowest BCUT2D eigenvalue weighted by molar-refractivity contribution is 0.941. The van der Waals surface area contributed by atoms with Crippen molar-refractivity contribution >= 4 is 0 Å². The number of hydrogen-bond acceptors (Lipinski definition) is 1. The van der Waals surface area contributed by atoms with Gasteiger partial charge < -0.3 is 0 Å². The molecule has 0 aromatic rings. The Labute approximate surface area is 81.8 Å². The zero-order chi connectivity index (χ0) is 9.78. The van der Waals surface area contributed by atoms with E-state index in [0.29, 0.717) is 6.42 Å². The van der Waals surface area contributed by atoms with Crippen LogP contribution >= 0.6 is 0 Å². The van der Waals surface area contributed by atoms with Crippen LogP contribution in [-0.4, -0.2) is 0 Å². The Morgan fingerprint density at radius 3 is 2.00 bits per heavy atom. The van der Waals surface area contributed by atoms with Crippen molar-refractivity contribution in [2.75, 3.05) is 0 Å². The lowest BCUT2D eigenvalue weighted by atomic mass is 10.2. The van der Waals surface area contributed by atoms with Crippen LogP contribution in [0.1, 0.15) is 45.4 Å². The second kappa shape index (κ2) is 11.0. The Kier molecular flexibility index (Phi) is 10.1. The first-order chi connectivity index (χ1) is 6.41. The van der Waals surface area contributed by atoms with E-state index in [1.54, 1.807) is 0 Å². The topological polar surface area (TPSA) is 23.8 Å². The van der Waals surface area contributed by atoms with E-state index in [2.05, 4.69) is 37.3 Å². The average Bonchev–Trinajstić information content (AvgIpc) is 2.16. The third-order valence-electron chi connectivity index (χ3n) is 1.71. The number of nitrogens with zero attached hydrogens (tertiary/aromatic N) is 1. The van der Waals surface area contributed by atoms with Crippen molar-refractivity contribution < 1.29 is 0 Å². The molecule has 0 aliphatic rings. The van der Waals surface area contributed by atoms with Crippen LogP contribution in [-0.2, 0) is 0 Å². The molecule has 0 bridgehead atoms. The van der Waals surface area contributed by atoms with Crippen LogP contribution in [0.25, 0.3) is 0 Å². The first-order valence-corrected chi connectivity index (χ1v) is 5.08. The Morgan fingerprint density at radius 1 is 0.923 bits per heavy atom. The monoisotopic (exact) mass is 177 g/mol. The fourth-order valence-corrected chi connectivity index (χ4v) is 0.978. The lowest BCUT2D eigenvalue weighted by Gasteiger charge is -1.87. The second-order valence-electron chi connectivity index (χ2n) is 3.01. The summed E-state index contributed by atoms with van der Waals surface area (Å²) in [5.74, 6) is 0. The maximum atomic E-state index is 8.27. The Hall–Kier alpha value is -1.03. The summed E-state index contributed by atoms with van der Waals surface area (Å²) in [5, 5.41) is 8.27. The Bertz CT molecular complexity index is 184. The molecule has 0 amide bonds. The van der Waals surface area contributed by atoms with Crippen molar-refractivity contribution in [1.82, 2.24) is 0 Å². The highest BCUT2D eigenvalue weighted by molar-refractivity contribution is 4.89. The maximum Gasteiger partial charge on any atom is 0.0624 e. The van der Waals surface area contributed by atoms with E-state index in [1.165, 1.54) is 12.8 Å². The van der Waals surface area contributed by atoms with Crippen molar-refractivity contribution in [3.63, 3.8) is 0 Å². The van der Waals surface area contributed by atoms with Gasteiger partial charge in [0.2, 0.25) is 0 Å². The van der Waals surface area contributed by atoms with Gasteiger partial charge in [0.05, 0.1) is 6.07 Å². The highest BCUT2D eigenvalue weighted by Gasteiger charge is 1.78. The zero-order valence-corrected chi connectivity index (χ0v) is 8.50. The summed E-state index contributed by atoms with van der Waals surface area (Å²) >= 11 is 0. The van der Waals surface area contributed by atoms with Gasteiger partial charge in [-0.25, -0.2) is 0 Å². The molecular formula is C12H19N. The average molecular weight is 177 g/mol. The van der Waals surface area contributed by atoms with Gasteiger partial charge in [-0.2, -0.15) is 5.26 Å². The molecule has 0 unspecified atom stereocenters. The molecule has 0 aromatic heterocycles. The molecule has 0 saturated heterocycles. The Balaban J connectivity index is 3.15. The van der Waals surface area contributed by atoms with Gasteiger partial charge in [0.15, 0.2) is 0 Å². The summed E-state index contributed by atoms with van der Waals surface area (Å²) in [6.45, 7) is 2.19. The molecule has 0 aliphatic heterocycles. The Morgan fingerprint density at radius 2 is 1.46 bits per heavy atom. The minimum atomic E-state index is 0.641. The van der Waals surface area contributed by atoms with E-state index in [1.807, 2.05) is 0 Å². The van der Waals surface area contributed by atoms with Crippen LogP contribution in [0.4, 0.5) is 0 Å². The molecule has 0 heterocycles. The predicted molar refractivity (Wildman–Crippen MR) is 57.3 cm³/mol. The highest BCUT2D eigenvalue weighted by atomic mass is 14.2. The van der Waals surface area contributed by atoms with Crippen LogP contribution in [0.2, 0.25) is 0 Å². The SMILES string of the molecule is CCCC=CCCC=CCCC#N.